The van der Waals surface area contributed by atoms with E-state index in [2.05, 4.69) is 17.2 Å². The number of nitrogens with one attached hydrogen (secondary N) is 1. The Labute approximate surface area is 231 Å². The molecule has 1 heterocycles. The number of nitrogens with zero attached hydrogens (tertiary/aromatic N) is 1. The Hall–Kier alpha value is -4.35. The summed E-state index contributed by atoms with van der Waals surface area (Å²) in [6.45, 7) is 3.43. The topological polar surface area (TPSA) is 67.9 Å². The predicted molar refractivity (Wildman–Crippen MR) is 151 cm³/mol. The number of hydroxylamine groups is 2. The van der Waals surface area contributed by atoms with Gasteiger partial charge in [0.2, 0.25) is 0 Å². The number of urea groups is 1. The monoisotopic (exact) mass is 544 g/mol. The standard InChI is InChI=1S/C31H29FN2O4S/c1-20(5-14-28-15-16-29(39-28)17-22-6-11-26(32)12-7-22)34(31(36)33-3)38-30(35)21(2)23-8-9-25-19-27(37-4)13-10-24(25)18-23/h6-13,15-16,18-21H,17H2,1-4H3,(H,33,36). The minimum absolute atomic E-state index is 0.264. The maximum atomic E-state index is 13.2. The van der Waals surface area contributed by atoms with Crippen LogP contribution in [0.3, 0.4) is 0 Å². The van der Waals surface area contributed by atoms with Crippen LogP contribution in [0.4, 0.5) is 9.18 Å². The fourth-order valence-electron chi connectivity index (χ4n) is 3.94. The van der Waals surface area contributed by atoms with Crippen molar-refractivity contribution in [3.63, 3.8) is 0 Å². The molecule has 1 aromatic heterocycles. The predicted octanol–water partition coefficient (Wildman–Crippen LogP) is 6.28. The molecule has 0 spiro atoms. The molecular formula is C31H29FN2O4S. The number of hydrogen-bond acceptors (Lipinski definition) is 5. The Morgan fingerprint density at radius 2 is 1.72 bits per heavy atom. The molecule has 2 atom stereocenters. The number of methoxy groups -OCH3 is 1. The van der Waals surface area contributed by atoms with Gasteiger partial charge in [0.05, 0.1) is 17.9 Å². The Bertz CT molecular complexity index is 1540. The first kappa shape index (κ1) is 27.7. The first-order valence-electron chi connectivity index (χ1n) is 12.4. The zero-order valence-corrected chi connectivity index (χ0v) is 23.0. The maximum absolute atomic E-state index is 13.2. The summed E-state index contributed by atoms with van der Waals surface area (Å²) in [6.07, 6.45) is 0.671. The summed E-state index contributed by atoms with van der Waals surface area (Å²) in [7, 11) is 3.08. The van der Waals surface area contributed by atoms with Crippen LogP contribution in [0.2, 0.25) is 0 Å². The molecule has 0 aliphatic rings. The van der Waals surface area contributed by atoms with Crippen LogP contribution in [0, 0.1) is 17.7 Å². The largest absolute Gasteiger partial charge is 0.497 e. The molecule has 200 valence electrons. The van der Waals surface area contributed by atoms with E-state index in [0.717, 1.165) is 42.5 Å². The molecule has 0 aliphatic heterocycles. The number of thiophene rings is 1. The van der Waals surface area contributed by atoms with E-state index in [1.54, 1.807) is 33.1 Å². The van der Waals surface area contributed by atoms with E-state index in [4.69, 9.17) is 9.57 Å². The van der Waals surface area contributed by atoms with Crippen molar-refractivity contribution in [1.82, 2.24) is 10.4 Å². The number of hydrogen-bond donors (Lipinski definition) is 1. The molecule has 0 radical (unpaired) electrons. The van der Waals surface area contributed by atoms with E-state index in [1.165, 1.54) is 30.5 Å². The van der Waals surface area contributed by atoms with Crippen molar-refractivity contribution >= 4 is 34.1 Å². The van der Waals surface area contributed by atoms with E-state index in [1.807, 2.05) is 48.5 Å². The number of fused-ring (bicyclic) bond motifs is 1. The van der Waals surface area contributed by atoms with Crippen LogP contribution in [-0.4, -0.2) is 37.3 Å². The summed E-state index contributed by atoms with van der Waals surface area (Å²) >= 11 is 1.52. The summed E-state index contributed by atoms with van der Waals surface area (Å²) in [6, 6.07) is 20.4. The van der Waals surface area contributed by atoms with Crippen molar-refractivity contribution in [2.45, 2.75) is 32.2 Å². The molecule has 0 saturated carbocycles. The number of carbonyl (C=O) groups excluding carboxylic acids is 2. The van der Waals surface area contributed by atoms with Gasteiger partial charge in [-0.3, -0.25) is 0 Å². The highest BCUT2D eigenvalue weighted by molar-refractivity contribution is 7.12. The molecule has 4 aromatic rings. The van der Waals surface area contributed by atoms with Crippen LogP contribution in [0.1, 0.15) is 40.6 Å². The van der Waals surface area contributed by atoms with E-state index in [-0.39, 0.29) is 5.82 Å². The minimum atomic E-state index is -0.701. The molecule has 0 bridgehead atoms. The van der Waals surface area contributed by atoms with Crippen LogP contribution in [0.5, 0.6) is 5.75 Å². The summed E-state index contributed by atoms with van der Waals surface area (Å²) in [5, 5.41) is 5.42. The third kappa shape index (κ3) is 6.95. The molecular weight excluding hydrogens is 515 g/mol. The van der Waals surface area contributed by atoms with Gasteiger partial charge in [-0.15, -0.1) is 16.4 Å². The normalized spacial score (nSPS) is 12.1. The zero-order valence-electron chi connectivity index (χ0n) is 22.2. The van der Waals surface area contributed by atoms with Crippen LogP contribution >= 0.6 is 11.3 Å². The van der Waals surface area contributed by atoms with Gasteiger partial charge in [-0.2, -0.15) is 0 Å². The summed E-state index contributed by atoms with van der Waals surface area (Å²) in [5.74, 6) is 5.38. The molecule has 4 rings (SSSR count). The SMILES string of the molecule is CNC(=O)N(OC(=O)C(C)c1ccc2cc(OC)ccc2c1)C(C)C#Cc1ccc(Cc2ccc(F)cc2)s1. The second-order valence-corrected chi connectivity index (χ2v) is 10.2. The number of ether oxygens (including phenoxy) is 1. The lowest BCUT2D eigenvalue weighted by molar-refractivity contribution is -0.181. The van der Waals surface area contributed by atoms with E-state index in [0.29, 0.717) is 6.42 Å². The number of halogens is 1. The number of amides is 2. The van der Waals surface area contributed by atoms with Gasteiger partial charge in [-0.1, -0.05) is 48.2 Å². The van der Waals surface area contributed by atoms with Crippen LogP contribution in [-0.2, 0) is 16.1 Å². The average molecular weight is 545 g/mol. The van der Waals surface area contributed by atoms with Gasteiger partial charge in [0, 0.05) is 18.3 Å². The lowest BCUT2D eigenvalue weighted by atomic mass is 9.98. The van der Waals surface area contributed by atoms with Gasteiger partial charge in [-0.05, 0) is 72.1 Å². The highest BCUT2D eigenvalue weighted by atomic mass is 32.1. The second-order valence-electron chi connectivity index (χ2n) is 9.00. The lowest BCUT2D eigenvalue weighted by Crippen LogP contribution is -2.45. The summed E-state index contributed by atoms with van der Waals surface area (Å²) < 4.78 is 18.4. The molecule has 3 aromatic carbocycles. The second kappa shape index (κ2) is 12.5. The number of rotatable bonds is 6. The van der Waals surface area contributed by atoms with Crippen molar-refractivity contribution in [2.75, 3.05) is 14.2 Å². The van der Waals surface area contributed by atoms with Gasteiger partial charge >= 0.3 is 12.0 Å². The molecule has 6 nitrogen and oxygen atoms in total. The highest BCUT2D eigenvalue weighted by Crippen LogP contribution is 2.26. The Balaban J connectivity index is 1.44. The average Bonchev–Trinajstić information content (AvgIpc) is 3.41. The first-order chi connectivity index (χ1) is 18.8. The number of benzene rings is 3. The van der Waals surface area contributed by atoms with Crippen molar-refractivity contribution in [3.8, 4) is 17.6 Å². The lowest BCUT2D eigenvalue weighted by Gasteiger charge is -2.25. The number of carbonyl (C=O) groups is 2. The van der Waals surface area contributed by atoms with Gasteiger partial charge in [0.15, 0.2) is 0 Å². The third-order valence-electron chi connectivity index (χ3n) is 6.24. The van der Waals surface area contributed by atoms with Crippen molar-refractivity contribution in [3.05, 3.63) is 99.5 Å². The van der Waals surface area contributed by atoms with E-state index < -0.39 is 24.0 Å². The van der Waals surface area contributed by atoms with Crippen molar-refractivity contribution < 1.29 is 23.6 Å². The molecule has 2 amide bonds. The van der Waals surface area contributed by atoms with Crippen LogP contribution in [0.15, 0.2) is 72.8 Å². The maximum Gasteiger partial charge on any atom is 0.351 e. The van der Waals surface area contributed by atoms with Gasteiger partial charge in [-0.25, -0.2) is 14.0 Å². The third-order valence-corrected chi connectivity index (χ3v) is 7.24. The molecule has 8 heteroatoms. The van der Waals surface area contributed by atoms with Crippen LogP contribution < -0.4 is 10.1 Å². The summed E-state index contributed by atoms with van der Waals surface area (Å²) in [4.78, 5) is 33.0. The Morgan fingerprint density at radius 3 is 2.44 bits per heavy atom. The fraction of sp³-hybridized carbons (Fsp3) is 0.226. The Morgan fingerprint density at radius 1 is 1.00 bits per heavy atom. The molecule has 1 N–H and O–H groups in total. The van der Waals surface area contributed by atoms with Gasteiger partial charge in [0.1, 0.15) is 17.6 Å². The summed E-state index contributed by atoms with van der Waals surface area (Å²) in [5.41, 5.74) is 1.77. The molecule has 39 heavy (non-hydrogen) atoms. The molecule has 0 aliphatic carbocycles. The van der Waals surface area contributed by atoms with Crippen molar-refractivity contribution in [2.24, 2.45) is 0 Å². The molecule has 0 saturated heterocycles. The minimum Gasteiger partial charge on any atom is -0.497 e. The molecule has 0 fully saturated rings. The molecule has 2 unspecified atom stereocenters. The quantitative estimate of drug-likeness (QED) is 0.229. The van der Waals surface area contributed by atoms with Gasteiger partial charge in [0.25, 0.3) is 0 Å². The van der Waals surface area contributed by atoms with Gasteiger partial charge < -0.3 is 14.9 Å². The van der Waals surface area contributed by atoms with E-state index in [9.17, 15) is 14.0 Å². The van der Waals surface area contributed by atoms with Crippen LogP contribution in [0.25, 0.3) is 10.8 Å². The fourth-order valence-corrected chi connectivity index (χ4v) is 4.84. The highest BCUT2D eigenvalue weighted by Gasteiger charge is 2.27. The Kier molecular flexibility index (Phi) is 8.84. The first-order valence-corrected chi connectivity index (χ1v) is 13.2. The zero-order chi connectivity index (χ0) is 27.9. The smallest absolute Gasteiger partial charge is 0.351 e. The van der Waals surface area contributed by atoms with E-state index >= 15 is 0 Å². The van der Waals surface area contributed by atoms with Crippen molar-refractivity contribution in [1.29, 1.82) is 0 Å².